The lowest BCUT2D eigenvalue weighted by molar-refractivity contribution is -0.141. The van der Waals surface area contributed by atoms with Crippen LogP contribution in [0.25, 0.3) is 0 Å². The molecule has 1 unspecified atom stereocenters. The van der Waals surface area contributed by atoms with Gasteiger partial charge in [-0.1, -0.05) is 24.4 Å². The number of aryl methyl sites for hydroxylation is 1. The van der Waals surface area contributed by atoms with Gasteiger partial charge in [0.1, 0.15) is 5.92 Å². The van der Waals surface area contributed by atoms with Crippen molar-refractivity contribution in [3.05, 3.63) is 17.5 Å². The molecule has 2 rings (SSSR count). The van der Waals surface area contributed by atoms with Crippen LogP contribution in [0.2, 0.25) is 0 Å². The van der Waals surface area contributed by atoms with Gasteiger partial charge in [-0.25, -0.2) is 0 Å². The zero-order valence-electron chi connectivity index (χ0n) is 9.48. The second kappa shape index (κ2) is 4.68. The third-order valence-electron chi connectivity index (χ3n) is 3.34. The third-order valence-corrected chi connectivity index (χ3v) is 3.34. The van der Waals surface area contributed by atoms with E-state index in [2.05, 4.69) is 5.16 Å². The SMILES string of the molecule is Cc1cc(C(C(=O)O)C2CCCCC2)on1. The van der Waals surface area contributed by atoms with Crippen molar-refractivity contribution in [1.29, 1.82) is 0 Å². The summed E-state index contributed by atoms with van der Waals surface area (Å²) in [6.45, 7) is 1.81. The molecule has 0 amide bonds. The highest BCUT2D eigenvalue weighted by Gasteiger charge is 2.33. The van der Waals surface area contributed by atoms with E-state index in [0.717, 1.165) is 31.4 Å². The minimum absolute atomic E-state index is 0.207. The van der Waals surface area contributed by atoms with E-state index in [1.165, 1.54) is 6.42 Å². The summed E-state index contributed by atoms with van der Waals surface area (Å²) in [7, 11) is 0. The van der Waals surface area contributed by atoms with E-state index in [1.807, 2.05) is 6.92 Å². The first-order valence-electron chi connectivity index (χ1n) is 5.84. The molecule has 0 bridgehead atoms. The first kappa shape index (κ1) is 11.2. The van der Waals surface area contributed by atoms with Crippen LogP contribution in [0.5, 0.6) is 0 Å². The molecule has 1 aromatic heterocycles. The number of carbonyl (C=O) groups is 1. The summed E-state index contributed by atoms with van der Waals surface area (Å²) in [5.74, 6) is -0.583. The van der Waals surface area contributed by atoms with Crippen LogP contribution < -0.4 is 0 Å². The highest BCUT2D eigenvalue weighted by atomic mass is 16.5. The minimum atomic E-state index is -0.789. The molecule has 0 radical (unpaired) electrons. The maximum Gasteiger partial charge on any atom is 0.314 e. The number of hydrogen-bond donors (Lipinski definition) is 1. The molecule has 0 aliphatic heterocycles. The monoisotopic (exact) mass is 223 g/mol. The molecule has 88 valence electrons. The van der Waals surface area contributed by atoms with Crippen LogP contribution in [0.1, 0.15) is 49.5 Å². The molecule has 1 atom stereocenters. The van der Waals surface area contributed by atoms with Crippen LogP contribution in [-0.4, -0.2) is 16.2 Å². The average molecular weight is 223 g/mol. The number of nitrogens with zero attached hydrogens (tertiary/aromatic N) is 1. The second-order valence-corrected chi connectivity index (χ2v) is 4.58. The molecule has 1 saturated carbocycles. The molecule has 16 heavy (non-hydrogen) atoms. The zero-order valence-corrected chi connectivity index (χ0v) is 9.48. The second-order valence-electron chi connectivity index (χ2n) is 4.58. The van der Waals surface area contributed by atoms with E-state index < -0.39 is 11.9 Å². The summed E-state index contributed by atoms with van der Waals surface area (Å²) < 4.78 is 5.11. The Hall–Kier alpha value is -1.32. The van der Waals surface area contributed by atoms with Crippen molar-refractivity contribution in [2.75, 3.05) is 0 Å². The van der Waals surface area contributed by atoms with E-state index in [0.29, 0.717) is 5.76 Å². The molecular weight excluding hydrogens is 206 g/mol. The van der Waals surface area contributed by atoms with Gasteiger partial charge in [-0.05, 0) is 25.7 Å². The predicted octanol–water partition coefficient (Wildman–Crippen LogP) is 2.73. The molecule has 1 aromatic rings. The average Bonchev–Trinajstić information content (AvgIpc) is 2.66. The summed E-state index contributed by atoms with van der Waals surface area (Å²) in [4.78, 5) is 11.3. The Labute approximate surface area is 94.6 Å². The summed E-state index contributed by atoms with van der Waals surface area (Å²) in [5, 5.41) is 13.1. The van der Waals surface area contributed by atoms with Crippen molar-refractivity contribution >= 4 is 5.97 Å². The number of carboxylic acid groups (broad SMARTS) is 1. The predicted molar refractivity (Wildman–Crippen MR) is 58.2 cm³/mol. The Balaban J connectivity index is 2.19. The zero-order chi connectivity index (χ0) is 11.5. The molecule has 1 heterocycles. The number of aliphatic carboxylic acids is 1. The molecule has 1 aliphatic rings. The van der Waals surface area contributed by atoms with Gasteiger partial charge in [0.25, 0.3) is 0 Å². The van der Waals surface area contributed by atoms with Crippen LogP contribution in [0, 0.1) is 12.8 Å². The van der Waals surface area contributed by atoms with Gasteiger partial charge < -0.3 is 9.63 Å². The lowest BCUT2D eigenvalue weighted by Gasteiger charge is -2.25. The van der Waals surface area contributed by atoms with Gasteiger partial charge in [0, 0.05) is 6.07 Å². The summed E-state index contributed by atoms with van der Waals surface area (Å²) in [6, 6.07) is 1.74. The molecule has 4 nitrogen and oxygen atoms in total. The largest absolute Gasteiger partial charge is 0.481 e. The van der Waals surface area contributed by atoms with E-state index in [-0.39, 0.29) is 5.92 Å². The van der Waals surface area contributed by atoms with Gasteiger partial charge >= 0.3 is 5.97 Å². The van der Waals surface area contributed by atoms with Gasteiger partial charge in [0.2, 0.25) is 0 Å². The molecule has 1 fully saturated rings. The summed E-state index contributed by atoms with van der Waals surface area (Å²) in [5.41, 5.74) is 0.747. The molecule has 1 N–H and O–H groups in total. The summed E-state index contributed by atoms with van der Waals surface area (Å²) in [6.07, 6.45) is 5.44. The van der Waals surface area contributed by atoms with Crippen molar-refractivity contribution in [1.82, 2.24) is 5.16 Å². The van der Waals surface area contributed by atoms with Crippen LogP contribution in [-0.2, 0) is 4.79 Å². The molecular formula is C12H17NO3. The molecule has 4 heteroatoms. The third kappa shape index (κ3) is 2.26. The smallest absolute Gasteiger partial charge is 0.314 e. The highest BCUT2D eigenvalue weighted by molar-refractivity contribution is 5.75. The first-order chi connectivity index (χ1) is 7.68. The van der Waals surface area contributed by atoms with Crippen molar-refractivity contribution in [3.8, 4) is 0 Å². The van der Waals surface area contributed by atoms with Crippen molar-refractivity contribution in [2.24, 2.45) is 5.92 Å². The Bertz CT molecular complexity index is 366. The van der Waals surface area contributed by atoms with E-state index in [4.69, 9.17) is 4.52 Å². The van der Waals surface area contributed by atoms with Gasteiger partial charge in [-0.3, -0.25) is 4.79 Å². The van der Waals surface area contributed by atoms with Crippen LogP contribution in [0.15, 0.2) is 10.6 Å². The van der Waals surface area contributed by atoms with Crippen LogP contribution in [0.3, 0.4) is 0 Å². The Morgan fingerprint density at radius 3 is 2.69 bits per heavy atom. The van der Waals surface area contributed by atoms with Crippen LogP contribution in [0.4, 0.5) is 0 Å². The van der Waals surface area contributed by atoms with Gasteiger partial charge in [-0.2, -0.15) is 0 Å². The Kier molecular flexibility index (Phi) is 3.27. The fourth-order valence-electron chi connectivity index (χ4n) is 2.55. The van der Waals surface area contributed by atoms with Crippen molar-refractivity contribution in [3.63, 3.8) is 0 Å². The van der Waals surface area contributed by atoms with Gasteiger partial charge in [-0.15, -0.1) is 0 Å². The van der Waals surface area contributed by atoms with Crippen LogP contribution >= 0.6 is 0 Å². The lowest BCUT2D eigenvalue weighted by Crippen LogP contribution is -2.23. The fraction of sp³-hybridized carbons (Fsp3) is 0.667. The van der Waals surface area contributed by atoms with Gasteiger partial charge in [0.05, 0.1) is 5.69 Å². The minimum Gasteiger partial charge on any atom is -0.481 e. The molecule has 0 aromatic carbocycles. The first-order valence-corrected chi connectivity index (χ1v) is 5.84. The highest BCUT2D eigenvalue weighted by Crippen LogP contribution is 2.36. The quantitative estimate of drug-likeness (QED) is 0.855. The number of carboxylic acids is 1. The number of aromatic nitrogens is 1. The van der Waals surface area contributed by atoms with E-state index in [9.17, 15) is 9.90 Å². The van der Waals surface area contributed by atoms with Crippen molar-refractivity contribution in [2.45, 2.75) is 44.9 Å². The van der Waals surface area contributed by atoms with E-state index in [1.54, 1.807) is 6.07 Å². The fourth-order valence-corrected chi connectivity index (χ4v) is 2.55. The van der Waals surface area contributed by atoms with E-state index >= 15 is 0 Å². The Morgan fingerprint density at radius 2 is 2.19 bits per heavy atom. The number of hydrogen-bond acceptors (Lipinski definition) is 3. The topological polar surface area (TPSA) is 63.3 Å². The number of rotatable bonds is 3. The normalized spacial score (nSPS) is 19.6. The maximum absolute atomic E-state index is 11.3. The molecule has 1 aliphatic carbocycles. The Morgan fingerprint density at radius 1 is 1.50 bits per heavy atom. The maximum atomic E-state index is 11.3. The lowest BCUT2D eigenvalue weighted by atomic mass is 9.79. The standard InChI is InChI=1S/C12H17NO3/c1-8-7-10(16-13-8)11(12(14)15)9-5-3-2-4-6-9/h7,9,11H,2-6H2,1H3,(H,14,15). The molecule has 0 spiro atoms. The summed E-state index contributed by atoms with van der Waals surface area (Å²) >= 11 is 0. The molecule has 0 saturated heterocycles. The van der Waals surface area contributed by atoms with Crippen molar-refractivity contribution < 1.29 is 14.4 Å². The van der Waals surface area contributed by atoms with Gasteiger partial charge in [0.15, 0.2) is 5.76 Å².